The van der Waals surface area contributed by atoms with Crippen molar-refractivity contribution in [3.05, 3.63) is 0 Å². The van der Waals surface area contributed by atoms with Crippen LogP contribution in [0.25, 0.3) is 0 Å². The van der Waals surface area contributed by atoms with Crippen LogP contribution in [-0.2, 0) is 65.4 Å². The molecule has 0 aromatic rings. The molecule has 99 heavy (non-hydrogen) atoms. The fraction of sp³-hybridized carbons (Fsp3) is 0.950. The van der Waals surface area contributed by atoms with E-state index in [0.29, 0.717) is 31.6 Å². The van der Waals surface area contributed by atoms with Gasteiger partial charge < -0.3 is 33.8 Å². The Morgan fingerprint density at radius 1 is 0.293 bits per heavy atom. The van der Waals surface area contributed by atoms with Crippen molar-refractivity contribution in [3.8, 4) is 0 Å². The first-order chi connectivity index (χ1) is 47.8. The van der Waals surface area contributed by atoms with Gasteiger partial charge in [-0.15, -0.1) is 0 Å². The number of phosphoric ester groups is 2. The van der Waals surface area contributed by atoms with Gasteiger partial charge in [0.1, 0.15) is 19.3 Å². The summed E-state index contributed by atoms with van der Waals surface area (Å²) in [6.45, 7) is 11.9. The van der Waals surface area contributed by atoms with Crippen LogP contribution in [0.4, 0.5) is 0 Å². The van der Waals surface area contributed by atoms with Crippen molar-refractivity contribution in [2.24, 2.45) is 17.8 Å². The molecule has 0 rings (SSSR count). The van der Waals surface area contributed by atoms with Crippen LogP contribution < -0.4 is 0 Å². The zero-order valence-electron chi connectivity index (χ0n) is 65.0. The molecule has 0 aromatic carbocycles. The first-order valence-corrected chi connectivity index (χ1v) is 44.4. The van der Waals surface area contributed by atoms with E-state index in [1.807, 2.05) is 0 Å². The highest BCUT2D eigenvalue weighted by molar-refractivity contribution is 7.47. The van der Waals surface area contributed by atoms with Crippen molar-refractivity contribution in [2.45, 2.75) is 433 Å². The maximum Gasteiger partial charge on any atom is 0.472 e. The maximum atomic E-state index is 13.1. The average molecular weight is 1450 g/mol. The van der Waals surface area contributed by atoms with Crippen LogP contribution in [0.3, 0.4) is 0 Å². The van der Waals surface area contributed by atoms with Crippen molar-refractivity contribution in [3.63, 3.8) is 0 Å². The van der Waals surface area contributed by atoms with Gasteiger partial charge in [0.05, 0.1) is 26.4 Å². The molecule has 3 unspecified atom stereocenters. The number of esters is 4. The monoisotopic (exact) mass is 1450 g/mol. The molecule has 3 N–H and O–H groups in total. The zero-order chi connectivity index (χ0) is 73.0. The van der Waals surface area contributed by atoms with Gasteiger partial charge in [-0.1, -0.05) is 363 Å². The second-order valence-electron chi connectivity index (χ2n) is 30.0. The molecule has 0 saturated carbocycles. The number of hydrogen-bond acceptors (Lipinski definition) is 15. The summed E-state index contributed by atoms with van der Waals surface area (Å²) in [5.74, 6) is 0.188. The molecule has 6 atom stereocenters. The predicted octanol–water partition coefficient (Wildman–Crippen LogP) is 23.7. The SMILES string of the molecule is CCCCCCCCCCCCCCCCCC(=O)OC[C@H](COP(=O)(O)OC[C@@H](O)COP(=O)(O)OC[C@@H](COC(=O)CCCCCCCCC(C)C)OC(=O)CCCCCCCCCCCCC(C)CC)OC(=O)CCCCCCCCCCCCCCCCCCCCC(C)C. The second-order valence-corrected chi connectivity index (χ2v) is 32.9. The number of phosphoric acid groups is 2. The number of aliphatic hydroxyl groups is 1. The average Bonchev–Trinajstić information content (AvgIpc) is 1.01. The third kappa shape index (κ3) is 72.8. The van der Waals surface area contributed by atoms with Gasteiger partial charge >= 0.3 is 39.5 Å². The van der Waals surface area contributed by atoms with Crippen LogP contribution in [0.5, 0.6) is 0 Å². The molecule has 588 valence electrons. The lowest BCUT2D eigenvalue weighted by Gasteiger charge is -2.21. The fourth-order valence-electron chi connectivity index (χ4n) is 12.3. The Labute approximate surface area is 607 Å². The van der Waals surface area contributed by atoms with Gasteiger partial charge in [-0.05, 0) is 43.4 Å². The third-order valence-corrected chi connectivity index (χ3v) is 20.9. The smallest absolute Gasteiger partial charge is 0.462 e. The summed E-state index contributed by atoms with van der Waals surface area (Å²) < 4.78 is 68.6. The molecule has 0 bridgehead atoms. The van der Waals surface area contributed by atoms with Crippen LogP contribution in [0.1, 0.15) is 414 Å². The Bertz CT molecular complexity index is 1920. The van der Waals surface area contributed by atoms with Crippen molar-refractivity contribution < 1.29 is 80.2 Å². The number of hydrogen-bond donors (Lipinski definition) is 3. The molecular weight excluding hydrogens is 1290 g/mol. The van der Waals surface area contributed by atoms with E-state index < -0.39 is 97.5 Å². The molecule has 0 amide bonds. The van der Waals surface area contributed by atoms with Gasteiger partial charge in [0.2, 0.25) is 0 Å². The minimum Gasteiger partial charge on any atom is -0.462 e. The molecule has 0 aliphatic rings. The molecule has 0 radical (unpaired) electrons. The van der Waals surface area contributed by atoms with Gasteiger partial charge in [-0.3, -0.25) is 37.3 Å². The lowest BCUT2D eigenvalue weighted by molar-refractivity contribution is -0.161. The lowest BCUT2D eigenvalue weighted by atomic mass is 9.99. The quantitative estimate of drug-likeness (QED) is 0.0222. The number of ether oxygens (including phenoxy) is 4. The molecule has 0 aliphatic heterocycles. The van der Waals surface area contributed by atoms with Gasteiger partial charge in [-0.2, -0.15) is 0 Å². The van der Waals surface area contributed by atoms with Crippen LogP contribution in [0, 0.1) is 17.8 Å². The van der Waals surface area contributed by atoms with Crippen molar-refractivity contribution >= 4 is 39.5 Å². The summed E-state index contributed by atoms with van der Waals surface area (Å²) in [6, 6.07) is 0. The Balaban J connectivity index is 5.21. The summed E-state index contributed by atoms with van der Waals surface area (Å²) >= 11 is 0. The summed E-state index contributed by atoms with van der Waals surface area (Å²) in [7, 11) is -9.92. The van der Waals surface area contributed by atoms with E-state index in [1.165, 1.54) is 218 Å². The Morgan fingerprint density at radius 3 is 0.768 bits per heavy atom. The number of rotatable bonds is 78. The minimum absolute atomic E-state index is 0.105. The van der Waals surface area contributed by atoms with Crippen molar-refractivity contribution in [1.82, 2.24) is 0 Å². The Hall–Kier alpha value is -1.94. The molecule has 17 nitrogen and oxygen atoms in total. The molecule has 0 spiro atoms. The maximum absolute atomic E-state index is 13.1. The number of carbonyl (C=O) groups excluding carboxylic acids is 4. The first-order valence-electron chi connectivity index (χ1n) is 41.4. The predicted molar refractivity (Wildman–Crippen MR) is 405 cm³/mol. The summed E-state index contributed by atoms with van der Waals surface area (Å²) in [6.07, 6.45) is 58.4. The lowest BCUT2D eigenvalue weighted by Crippen LogP contribution is -2.30. The number of aliphatic hydroxyl groups excluding tert-OH is 1. The van der Waals surface area contributed by atoms with Crippen LogP contribution >= 0.6 is 15.6 Å². The van der Waals surface area contributed by atoms with E-state index in [0.717, 1.165) is 108 Å². The van der Waals surface area contributed by atoms with E-state index in [1.54, 1.807) is 0 Å². The zero-order valence-corrected chi connectivity index (χ0v) is 66.8. The normalized spacial score (nSPS) is 14.3. The molecule has 0 aliphatic carbocycles. The number of carbonyl (C=O) groups is 4. The molecule has 0 saturated heterocycles. The summed E-state index contributed by atoms with van der Waals surface area (Å²) in [5.41, 5.74) is 0. The van der Waals surface area contributed by atoms with Gasteiger partial charge in [0.25, 0.3) is 0 Å². The highest BCUT2D eigenvalue weighted by atomic mass is 31.2. The molecule has 0 heterocycles. The van der Waals surface area contributed by atoms with E-state index in [-0.39, 0.29) is 25.7 Å². The van der Waals surface area contributed by atoms with E-state index >= 15 is 0 Å². The van der Waals surface area contributed by atoms with Crippen molar-refractivity contribution in [1.29, 1.82) is 0 Å². The van der Waals surface area contributed by atoms with E-state index in [9.17, 15) is 43.2 Å². The van der Waals surface area contributed by atoms with E-state index in [2.05, 4.69) is 48.5 Å². The van der Waals surface area contributed by atoms with Crippen LogP contribution in [0.15, 0.2) is 0 Å². The van der Waals surface area contributed by atoms with Gasteiger partial charge in [0, 0.05) is 25.7 Å². The molecule has 0 aromatic heterocycles. The Kier molecular flexibility index (Phi) is 69.0. The standard InChI is InChI=1S/C80H156O17P2/c1-8-10-11-12-13-14-15-16-21-25-28-34-39-47-54-61-77(82)90-67-75(96-79(84)63-56-49-40-35-29-26-23-20-18-17-19-22-24-27-32-37-44-51-58-71(3)4)69-94-98(86,87)92-65-74(81)66-93-99(88,89)95-70-76(68-91-78(83)62-55-48-43-42-45-52-59-72(5)6)97-80(85)64-57-50-41-36-31-30-33-38-46-53-60-73(7)9-2/h71-76,81H,8-70H2,1-7H3,(H,86,87)(H,88,89)/t73?,74-,75-,76-/m1/s1. The highest BCUT2D eigenvalue weighted by Gasteiger charge is 2.30. The van der Waals surface area contributed by atoms with Gasteiger partial charge in [-0.25, -0.2) is 9.13 Å². The molecule has 0 fully saturated rings. The van der Waals surface area contributed by atoms with Crippen molar-refractivity contribution in [2.75, 3.05) is 39.6 Å². The highest BCUT2D eigenvalue weighted by Crippen LogP contribution is 2.45. The summed E-state index contributed by atoms with van der Waals surface area (Å²) in [5, 5.41) is 10.6. The van der Waals surface area contributed by atoms with Crippen LogP contribution in [-0.4, -0.2) is 96.7 Å². The minimum atomic E-state index is -4.96. The second kappa shape index (κ2) is 70.4. The van der Waals surface area contributed by atoms with Crippen LogP contribution in [0.2, 0.25) is 0 Å². The topological polar surface area (TPSA) is 237 Å². The van der Waals surface area contributed by atoms with Gasteiger partial charge in [0.15, 0.2) is 12.2 Å². The fourth-order valence-corrected chi connectivity index (χ4v) is 13.9. The first kappa shape index (κ1) is 97.1. The largest absolute Gasteiger partial charge is 0.472 e. The third-order valence-electron chi connectivity index (χ3n) is 19.0. The molecule has 19 heteroatoms. The Morgan fingerprint density at radius 2 is 0.515 bits per heavy atom. The number of unbranched alkanes of at least 4 members (excludes halogenated alkanes) is 45. The summed E-state index contributed by atoms with van der Waals surface area (Å²) in [4.78, 5) is 72.9. The van der Waals surface area contributed by atoms with E-state index in [4.69, 9.17) is 37.0 Å². The molecular formula is C80H156O17P2.